The van der Waals surface area contributed by atoms with Gasteiger partial charge in [-0.2, -0.15) is 0 Å². The van der Waals surface area contributed by atoms with Crippen molar-refractivity contribution in [3.63, 3.8) is 0 Å². The van der Waals surface area contributed by atoms with E-state index in [4.69, 9.17) is 19.9 Å². The minimum absolute atomic E-state index is 0.0207. The average molecular weight is 534 g/mol. The first kappa shape index (κ1) is 28.9. The number of rotatable bonds is 12. The number of nitrogens with one attached hydrogen (secondary N) is 2. The molecule has 0 aliphatic carbocycles. The molecule has 0 aliphatic rings. The number of aliphatic hydroxyl groups is 1. The lowest BCUT2D eigenvalue weighted by Crippen LogP contribution is -2.27. The Labute approximate surface area is 226 Å². The predicted octanol–water partition coefficient (Wildman–Crippen LogP) is 4.34. The Morgan fingerprint density at radius 3 is 2.33 bits per heavy atom. The maximum Gasteiger partial charge on any atom is 0.412 e. The Balaban J connectivity index is 1.85. The monoisotopic (exact) mass is 533 g/mol. The Morgan fingerprint density at radius 1 is 0.974 bits per heavy atom. The number of anilines is 3. The molecule has 0 saturated heterocycles. The summed E-state index contributed by atoms with van der Waals surface area (Å²) in [7, 11) is 1.41. The van der Waals surface area contributed by atoms with Crippen LogP contribution in [0.15, 0.2) is 84.9 Å². The molecule has 10 heteroatoms. The zero-order chi connectivity index (χ0) is 28.2. The predicted molar refractivity (Wildman–Crippen MR) is 148 cm³/mol. The molecule has 39 heavy (non-hydrogen) atoms. The van der Waals surface area contributed by atoms with Gasteiger partial charge in [0, 0.05) is 30.0 Å². The van der Waals surface area contributed by atoms with Crippen molar-refractivity contribution in [2.45, 2.75) is 19.1 Å². The summed E-state index contributed by atoms with van der Waals surface area (Å²) in [5, 5.41) is 14.5. The number of benzene rings is 3. The van der Waals surface area contributed by atoms with Crippen molar-refractivity contribution in [3.05, 3.63) is 96.1 Å². The molecule has 10 nitrogen and oxygen atoms in total. The molecule has 0 heterocycles. The summed E-state index contributed by atoms with van der Waals surface area (Å²) >= 11 is 0. The van der Waals surface area contributed by atoms with Crippen LogP contribution in [-0.4, -0.2) is 49.3 Å². The fraction of sp³-hybridized carbons (Fsp3) is 0.207. The lowest BCUT2D eigenvalue weighted by atomic mass is 10.0. The number of ether oxygens (including phenoxy) is 3. The van der Waals surface area contributed by atoms with Gasteiger partial charge in [-0.3, -0.25) is 14.9 Å². The van der Waals surface area contributed by atoms with E-state index < -0.39 is 24.2 Å². The van der Waals surface area contributed by atoms with Crippen molar-refractivity contribution < 1.29 is 33.7 Å². The molecule has 0 saturated carbocycles. The first-order valence-electron chi connectivity index (χ1n) is 12.1. The number of methoxy groups -OCH3 is 1. The van der Waals surface area contributed by atoms with Crippen LogP contribution >= 0.6 is 0 Å². The highest BCUT2D eigenvalue weighted by molar-refractivity contribution is 6.01. The molecule has 0 unspecified atom stereocenters. The summed E-state index contributed by atoms with van der Waals surface area (Å²) in [6, 6.07) is 20.0. The fourth-order valence-electron chi connectivity index (χ4n) is 3.63. The van der Waals surface area contributed by atoms with E-state index in [-0.39, 0.29) is 19.0 Å². The second-order valence-electron chi connectivity index (χ2n) is 8.33. The number of Topliss-reactive ketones (excluding diaryl/α,β-unsaturated/α-hetero) is 1. The minimum Gasteiger partial charge on any atom is -0.491 e. The number of carbonyl (C=O) groups excluding carboxylic acids is 3. The van der Waals surface area contributed by atoms with Crippen LogP contribution in [0.3, 0.4) is 0 Å². The molecule has 2 atom stereocenters. The van der Waals surface area contributed by atoms with Gasteiger partial charge in [-0.15, -0.1) is 0 Å². The molecule has 204 valence electrons. The lowest BCUT2D eigenvalue weighted by Gasteiger charge is -2.26. The van der Waals surface area contributed by atoms with E-state index in [1.54, 1.807) is 72.8 Å². The van der Waals surface area contributed by atoms with Crippen molar-refractivity contribution in [3.8, 4) is 5.75 Å². The van der Waals surface area contributed by atoms with Crippen LogP contribution in [0.5, 0.6) is 5.75 Å². The number of hydrogen-bond donors (Lipinski definition) is 4. The number of nitrogen functional groups attached to an aromatic ring is 1. The molecule has 3 aromatic rings. The summed E-state index contributed by atoms with van der Waals surface area (Å²) in [6.07, 6.45) is -0.0472. The SMILES string of the molecule is CO[C@H](/C=C/C(=O)Nc1ccccc1N)[C@H](OC(=O)Nc1ccc(C(C)=O)cc1)c1ccccc1OCCO. The molecule has 5 N–H and O–H groups in total. The summed E-state index contributed by atoms with van der Waals surface area (Å²) in [5.41, 5.74) is 8.13. The Bertz CT molecular complexity index is 1310. The quantitative estimate of drug-likeness (QED) is 0.153. The van der Waals surface area contributed by atoms with Crippen LogP contribution in [0.2, 0.25) is 0 Å². The highest BCUT2D eigenvalue weighted by Crippen LogP contribution is 2.32. The Morgan fingerprint density at radius 2 is 1.67 bits per heavy atom. The number of para-hydroxylation sites is 3. The van der Waals surface area contributed by atoms with Crippen LogP contribution in [0, 0.1) is 0 Å². The number of hydrogen-bond acceptors (Lipinski definition) is 8. The molecule has 0 fully saturated rings. The Hall–Kier alpha value is -4.67. The number of ketones is 1. The van der Waals surface area contributed by atoms with Crippen LogP contribution in [0.4, 0.5) is 21.9 Å². The van der Waals surface area contributed by atoms with E-state index in [0.717, 1.165) is 0 Å². The molecule has 2 amide bonds. The molecule has 3 aromatic carbocycles. The standard InChI is InChI=1S/C29H31N3O7/c1-19(34)20-11-13-21(14-12-20)31-29(36)39-28(22-7-3-6-10-25(22)38-18-17-33)26(37-2)15-16-27(35)32-24-9-5-4-8-23(24)30/h3-16,26,28,33H,17-18,30H2,1-2H3,(H,31,36)(H,32,35)/b16-15+/t26-,28-/m1/s1. The molecule has 0 spiro atoms. The Kier molecular flexibility index (Phi) is 10.6. The van der Waals surface area contributed by atoms with E-state index >= 15 is 0 Å². The van der Waals surface area contributed by atoms with Gasteiger partial charge in [0.25, 0.3) is 0 Å². The van der Waals surface area contributed by atoms with Gasteiger partial charge in [-0.25, -0.2) is 4.79 Å². The van der Waals surface area contributed by atoms with Crippen molar-refractivity contribution in [2.75, 3.05) is 36.7 Å². The van der Waals surface area contributed by atoms with Gasteiger partial charge in [-0.1, -0.05) is 30.3 Å². The molecular formula is C29H31N3O7. The van der Waals surface area contributed by atoms with Crippen molar-refractivity contribution >= 4 is 34.8 Å². The highest BCUT2D eigenvalue weighted by atomic mass is 16.6. The van der Waals surface area contributed by atoms with E-state index in [1.807, 2.05) is 0 Å². The molecule has 0 bridgehead atoms. The van der Waals surface area contributed by atoms with E-state index in [1.165, 1.54) is 26.2 Å². The van der Waals surface area contributed by atoms with E-state index in [9.17, 15) is 19.5 Å². The lowest BCUT2D eigenvalue weighted by molar-refractivity contribution is -0.112. The van der Waals surface area contributed by atoms with Gasteiger partial charge >= 0.3 is 6.09 Å². The fourth-order valence-corrected chi connectivity index (χ4v) is 3.63. The third-order valence-electron chi connectivity index (χ3n) is 5.57. The third kappa shape index (κ3) is 8.42. The molecule has 3 rings (SSSR count). The number of aliphatic hydroxyl groups excluding tert-OH is 1. The van der Waals surface area contributed by atoms with Crippen LogP contribution in [0.25, 0.3) is 0 Å². The number of carbonyl (C=O) groups is 3. The third-order valence-corrected chi connectivity index (χ3v) is 5.57. The first-order valence-corrected chi connectivity index (χ1v) is 12.1. The van der Waals surface area contributed by atoms with Gasteiger partial charge in [0.2, 0.25) is 5.91 Å². The maximum atomic E-state index is 12.9. The zero-order valence-corrected chi connectivity index (χ0v) is 21.6. The molecule has 0 aromatic heterocycles. The van der Waals surface area contributed by atoms with Crippen LogP contribution < -0.4 is 21.1 Å². The van der Waals surface area contributed by atoms with Gasteiger partial charge in [0.05, 0.1) is 18.0 Å². The van der Waals surface area contributed by atoms with Crippen molar-refractivity contribution in [2.24, 2.45) is 0 Å². The van der Waals surface area contributed by atoms with Gasteiger partial charge in [0.15, 0.2) is 11.9 Å². The average Bonchev–Trinajstić information content (AvgIpc) is 2.93. The second kappa shape index (κ2) is 14.3. The van der Waals surface area contributed by atoms with E-state index in [2.05, 4.69) is 10.6 Å². The largest absolute Gasteiger partial charge is 0.491 e. The summed E-state index contributed by atoms with van der Waals surface area (Å²) in [5.74, 6) is -0.196. The van der Waals surface area contributed by atoms with Crippen molar-refractivity contribution in [1.82, 2.24) is 0 Å². The van der Waals surface area contributed by atoms with Gasteiger partial charge < -0.3 is 30.4 Å². The number of nitrogens with two attached hydrogens (primary N) is 1. The van der Waals surface area contributed by atoms with Gasteiger partial charge in [0.1, 0.15) is 18.5 Å². The maximum absolute atomic E-state index is 12.9. The van der Waals surface area contributed by atoms with E-state index in [0.29, 0.717) is 33.9 Å². The van der Waals surface area contributed by atoms with Crippen molar-refractivity contribution in [1.29, 1.82) is 0 Å². The van der Waals surface area contributed by atoms with Crippen LogP contribution in [-0.2, 0) is 14.3 Å². The van der Waals surface area contributed by atoms with Crippen LogP contribution in [0.1, 0.15) is 28.9 Å². The summed E-state index contributed by atoms with van der Waals surface area (Å²) in [4.78, 5) is 37.0. The number of amides is 2. The summed E-state index contributed by atoms with van der Waals surface area (Å²) < 4.78 is 17.0. The van der Waals surface area contributed by atoms with Gasteiger partial charge in [-0.05, 0) is 55.5 Å². The molecule has 0 radical (unpaired) electrons. The first-order chi connectivity index (χ1) is 18.8. The highest BCUT2D eigenvalue weighted by Gasteiger charge is 2.29. The summed E-state index contributed by atoms with van der Waals surface area (Å²) in [6.45, 7) is 1.25. The zero-order valence-electron chi connectivity index (χ0n) is 21.6. The normalized spacial score (nSPS) is 12.4. The molecule has 0 aliphatic heterocycles. The topological polar surface area (TPSA) is 149 Å². The molecular weight excluding hydrogens is 502 g/mol. The smallest absolute Gasteiger partial charge is 0.412 e. The minimum atomic E-state index is -1.05. The second-order valence-corrected chi connectivity index (χ2v) is 8.33.